The molecule has 1 aliphatic heterocycles. The number of hydrogen-bond donors (Lipinski definition) is 1. The summed E-state index contributed by atoms with van der Waals surface area (Å²) in [4.78, 5) is 21.0. The van der Waals surface area contributed by atoms with Crippen LogP contribution in [0.4, 0.5) is 10.5 Å². The van der Waals surface area contributed by atoms with Crippen LogP contribution in [0.3, 0.4) is 0 Å². The predicted octanol–water partition coefficient (Wildman–Crippen LogP) is 1.19. The monoisotopic (exact) mass is 328 g/mol. The fraction of sp³-hybridized carbons (Fsp3) is 0.417. The number of para-hydroxylation sites is 1. The minimum Gasteiger partial charge on any atom is -0.464 e. The Kier molecular flexibility index (Phi) is 3.29. The van der Waals surface area contributed by atoms with Crippen molar-refractivity contribution in [3.8, 4) is 0 Å². The number of carbonyl (C=O) groups is 1. The summed E-state index contributed by atoms with van der Waals surface area (Å²) >= 11 is 0. The zero-order chi connectivity index (χ0) is 16.1. The minimum absolute atomic E-state index is 0.118. The first-order valence-electron chi connectivity index (χ1n) is 6.50. The summed E-state index contributed by atoms with van der Waals surface area (Å²) in [7, 11) is -4.55. The van der Waals surface area contributed by atoms with Crippen molar-refractivity contribution in [2.75, 3.05) is 0 Å². The van der Waals surface area contributed by atoms with Crippen molar-refractivity contribution in [1.82, 2.24) is 4.31 Å². The lowest BCUT2D eigenvalue weighted by atomic mass is 10.2. The third-order valence-corrected chi connectivity index (χ3v) is 5.68. The van der Waals surface area contributed by atoms with Gasteiger partial charge in [-0.05, 0) is 18.9 Å². The van der Waals surface area contributed by atoms with Gasteiger partial charge in [-0.25, -0.2) is 13.2 Å². The van der Waals surface area contributed by atoms with Gasteiger partial charge in [-0.1, -0.05) is 12.1 Å². The van der Waals surface area contributed by atoms with Crippen molar-refractivity contribution >= 4 is 21.8 Å². The highest BCUT2D eigenvalue weighted by atomic mass is 32.2. The Hall–Kier alpha value is -2.20. The number of epoxide rings is 1. The van der Waals surface area contributed by atoms with Gasteiger partial charge in [-0.15, -0.1) is 0 Å². The molecule has 2 aliphatic rings. The zero-order valence-electron chi connectivity index (χ0n) is 11.2. The summed E-state index contributed by atoms with van der Waals surface area (Å²) in [6.45, 7) is 0. The van der Waals surface area contributed by atoms with Crippen LogP contribution in [0.5, 0.6) is 0 Å². The van der Waals surface area contributed by atoms with E-state index in [0.29, 0.717) is 17.1 Å². The summed E-state index contributed by atoms with van der Waals surface area (Å²) in [6, 6.07) is 3.84. The van der Waals surface area contributed by atoms with E-state index in [1.807, 2.05) is 0 Å². The lowest BCUT2D eigenvalue weighted by Crippen LogP contribution is -2.45. The number of nitro benzene ring substituents is 1. The molecule has 1 aromatic rings. The third kappa shape index (κ3) is 2.20. The van der Waals surface area contributed by atoms with Gasteiger partial charge in [0.2, 0.25) is 0 Å². The summed E-state index contributed by atoms with van der Waals surface area (Å²) < 4.78 is 30.8. The number of ether oxygens (including phenoxy) is 1. The lowest BCUT2D eigenvalue weighted by Gasteiger charge is -2.25. The molecular weight excluding hydrogens is 316 g/mol. The maximum Gasteiger partial charge on any atom is 0.421 e. The van der Waals surface area contributed by atoms with E-state index in [1.54, 1.807) is 0 Å². The first-order chi connectivity index (χ1) is 10.3. The van der Waals surface area contributed by atoms with Crippen LogP contribution >= 0.6 is 0 Å². The summed E-state index contributed by atoms with van der Waals surface area (Å²) in [5.74, 6) is 0. The molecular formula is C12H12N2O7S. The molecule has 1 heterocycles. The molecule has 3 rings (SSSR count). The van der Waals surface area contributed by atoms with Gasteiger partial charge in [0, 0.05) is 6.07 Å². The van der Waals surface area contributed by atoms with E-state index in [9.17, 15) is 28.4 Å². The second kappa shape index (κ2) is 4.92. The van der Waals surface area contributed by atoms with Crippen molar-refractivity contribution in [2.45, 2.75) is 36.0 Å². The molecule has 1 amide bonds. The Morgan fingerprint density at radius 3 is 2.55 bits per heavy atom. The highest BCUT2D eigenvalue weighted by Gasteiger charge is 2.56. The van der Waals surface area contributed by atoms with E-state index >= 15 is 0 Å². The van der Waals surface area contributed by atoms with E-state index in [4.69, 9.17) is 4.74 Å². The van der Waals surface area contributed by atoms with Crippen LogP contribution in [0.1, 0.15) is 12.8 Å². The number of rotatable bonds is 4. The summed E-state index contributed by atoms with van der Waals surface area (Å²) in [6.07, 6.45) is -1.31. The zero-order valence-corrected chi connectivity index (χ0v) is 12.0. The maximum atomic E-state index is 12.6. The minimum atomic E-state index is -4.55. The Morgan fingerprint density at radius 2 is 2.05 bits per heavy atom. The van der Waals surface area contributed by atoms with Gasteiger partial charge >= 0.3 is 6.09 Å². The topological polar surface area (TPSA) is 130 Å². The fourth-order valence-electron chi connectivity index (χ4n) is 2.83. The van der Waals surface area contributed by atoms with Gasteiger partial charge in [0.25, 0.3) is 15.7 Å². The number of sulfonamides is 1. The van der Waals surface area contributed by atoms with Crippen LogP contribution in [0, 0.1) is 10.1 Å². The van der Waals surface area contributed by atoms with E-state index in [-0.39, 0.29) is 6.10 Å². The first-order valence-corrected chi connectivity index (χ1v) is 7.94. The van der Waals surface area contributed by atoms with Crippen molar-refractivity contribution in [3.63, 3.8) is 0 Å². The number of fused-ring (bicyclic) bond motifs is 1. The second-order valence-electron chi connectivity index (χ2n) is 5.09. The van der Waals surface area contributed by atoms with Crippen molar-refractivity contribution in [3.05, 3.63) is 34.4 Å². The Labute approximate surface area is 125 Å². The molecule has 9 nitrogen and oxygen atoms in total. The molecule has 3 unspecified atom stereocenters. The van der Waals surface area contributed by atoms with Crippen LogP contribution < -0.4 is 0 Å². The highest BCUT2D eigenvalue weighted by molar-refractivity contribution is 7.89. The van der Waals surface area contributed by atoms with Gasteiger partial charge in [-0.2, -0.15) is 4.31 Å². The molecule has 1 aliphatic carbocycles. The van der Waals surface area contributed by atoms with Crippen LogP contribution in [0.25, 0.3) is 0 Å². The number of nitro groups is 1. The first kappa shape index (κ1) is 14.7. The number of nitrogens with zero attached hydrogens (tertiary/aromatic N) is 2. The molecule has 3 atom stereocenters. The fourth-order valence-corrected chi connectivity index (χ4v) is 4.49. The Bertz CT molecular complexity index is 748. The number of benzene rings is 1. The predicted molar refractivity (Wildman–Crippen MR) is 71.8 cm³/mol. The van der Waals surface area contributed by atoms with Gasteiger partial charge in [0.15, 0.2) is 4.90 Å². The van der Waals surface area contributed by atoms with E-state index < -0.39 is 43.8 Å². The van der Waals surface area contributed by atoms with Crippen molar-refractivity contribution in [2.24, 2.45) is 0 Å². The summed E-state index contributed by atoms with van der Waals surface area (Å²) in [5, 5.41) is 20.3. The lowest BCUT2D eigenvalue weighted by molar-refractivity contribution is -0.387. The highest BCUT2D eigenvalue weighted by Crippen LogP contribution is 2.43. The molecule has 0 bridgehead atoms. The molecule has 1 N–H and O–H groups in total. The number of carboxylic acid groups (broad SMARTS) is 1. The van der Waals surface area contributed by atoms with Gasteiger partial charge in [0.05, 0.1) is 17.1 Å². The molecule has 10 heteroatoms. The van der Waals surface area contributed by atoms with E-state index in [2.05, 4.69) is 0 Å². The van der Waals surface area contributed by atoms with Crippen LogP contribution in [0.15, 0.2) is 29.2 Å². The molecule has 1 aromatic carbocycles. The SMILES string of the molecule is O=C(O)N(C1CCC2OC21)S(=O)(=O)c1ccccc1[N+](=O)[O-]. The molecule has 1 saturated heterocycles. The number of amides is 1. The van der Waals surface area contributed by atoms with E-state index in [1.165, 1.54) is 12.1 Å². The molecule has 2 fully saturated rings. The maximum absolute atomic E-state index is 12.6. The summed E-state index contributed by atoms with van der Waals surface area (Å²) in [5.41, 5.74) is -0.653. The molecule has 1 saturated carbocycles. The smallest absolute Gasteiger partial charge is 0.421 e. The molecule has 0 radical (unpaired) electrons. The molecule has 0 aromatic heterocycles. The Morgan fingerprint density at radius 1 is 1.36 bits per heavy atom. The van der Waals surface area contributed by atoms with Crippen LogP contribution in [-0.4, -0.2) is 47.1 Å². The van der Waals surface area contributed by atoms with Crippen LogP contribution in [0.2, 0.25) is 0 Å². The van der Waals surface area contributed by atoms with Gasteiger partial charge in [-0.3, -0.25) is 10.1 Å². The third-order valence-electron chi connectivity index (χ3n) is 3.84. The number of hydrogen-bond acceptors (Lipinski definition) is 6. The molecule has 0 spiro atoms. The molecule has 118 valence electrons. The average molecular weight is 328 g/mol. The van der Waals surface area contributed by atoms with Crippen LogP contribution in [-0.2, 0) is 14.8 Å². The largest absolute Gasteiger partial charge is 0.464 e. The Balaban J connectivity index is 2.07. The van der Waals surface area contributed by atoms with Crippen molar-refractivity contribution in [1.29, 1.82) is 0 Å². The van der Waals surface area contributed by atoms with Crippen molar-refractivity contribution < 1.29 is 28.0 Å². The second-order valence-corrected chi connectivity index (χ2v) is 6.88. The quantitative estimate of drug-likeness (QED) is 0.499. The normalized spacial score (nSPS) is 26.3. The van der Waals surface area contributed by atoms with Gasteiger partial charge in [0.1, 0.15) is 6.10 Å². The van der Waals surface area contributed by atoms with Gasteiger partial charge < -0.3 is 9.84 Å². The van der Waals surface area contributed by atoms with E-state index in [0.717, 1.165) is 12.1 Å². The standard InChI is InChI=1S/C12H12N2O7S/c15-12(16)13(8-5-6-9-11(8)21-9)22(19,20)10-4-2-1-3-7(10)14(17)18/h1-4,8-9,11H,5-6H2,(H,15,16). The average Bonchev–Trinajstić information content (AvgIpc) is 3.13. The molecule has 22 heavy (non-hydrogen) atoms.